The number of carbonyl (C=O) groups is 1. The fourth-order valence-corrected chi connectivity index (χ4v) is 1.91. The highest BCUT2D eigenvalue weighted by atomic mass is 35.5. The molecule has 96 valence electrons. The Hall–Kier alpha value is -2.23. The summed E-state index contributed by atoms with van der Waals surface area (Å²) >= 11 is 11.8. The number of hydrogen-bond acceptors (Lipinski definition) is 4. The third-order valence-electron chi connectivity index (χ3n) is 2.17. The summed E-state index contributed by atoms with van der Waals surface area (Å²) in [6.07, 6.45) is -0.369. The van der Waals surface area contributed by atoms with E-state index in [9.17, 15) is 4.79 Å². The molecule has 1 heterocycles. The Labute approximate surface area is 117 Å². The van der Waals surface area contributed by atoms with Gasteiger partial charge < -0.3 is 9.84 Å². The molecule has 0 amide bonds. The lowest BCUT2D eigenvalue weighted by atomic mass is 10.3. The zero-order valence-electron chi connectivity index (χ0n) is 9.17. The van der Waals surface area contributed by atoms with Gasteiger partial charge >= 0.3 is 6.16 Å². The Morgan fingerprint density at radius 1 is 1.47 bits per heavy atom. The van der Waals surface area contributed by atoms with E-state index in [1.165, 1.54) is 18.3 Å². The Balaban J connectivity index is 2.59. The van der Waals surface area contributed by atoms with Gasteiger partial charge in [0.2, 0.25) is 5.88 Å². The standard InChI is InChI=1S/C11H5Cl2N3O3/c12-7-1-2-9(8(13)3-7)16-10(19-11(17)18)6(4-14)5-15-16/h1-3,5H,(H,17,18). The second kappa shape index (κ2) is 5.18. The first-order valence-corrected chi connectivity index (χ1v) is 5.63. The molecular formula is C11H5Cl2N3O3. The van der Waals surface area contributed by atoms with Gasteiger partial charge in [-0.25, -0.2) is 4.79 Å². The molecule has 0 fully saturated rings. The number of carboxylic acid groups (broad SMARTS) is 1. The van der Waals surface area contributed by atoms with Gasteiger partial charge in [-0.1, -0.05) is 23.2 Å². The molecular weight excluding hydrogens is 293 g/mol. The molecule has 0 spiro atoms. The molecule has 0 aliphatic rings. The van der Waals surface area contributed by atoms with Crippen LogP contribution in [0.1, 0.15) is 5.56 Å². The van der Waals surface area contributed by atoms with Crippen LogP contribution in [-0.2, 0) is 0 Å². The quantitative estimate of drug-likeness (QED) is 0.860. The van der Waals surface area contributed by atoms with Gasteiger partial charge in [-0.2, -0.15) is 15.0 Å². The summed E-state index contributed by atoms with van der Waals surface area (Å²) in [6.45, 7) is 0. The number of rotatable bonds is 2. The van der Waals surface area contributed by atoms with Crippen molar-refractivity contribution in [2.75, 3.05) is 0 Å². The molecule has 0 aliphatic carbocycles. The molecule has 0 aliphatic heterocycles. The molecule has 1 aromatic heterocycles. The lowest BCUT2D eigenvalue weighted by Crippen LogP contribution is -2.09. The third-order valence-corrected chi connectivity index (χ3v) is 2.71. The molecule has 0 saturated heterocycles. The zero-order chi connectivity index (χ0) is 14.0. The van der Waals surface area contributed by atoms with Crippen molar-refractivity contribution in [1.82, 2.24) is 9.78 Å². The Bertz CT molecular complexity index is 691. The predicted octanol–water partition coefficient (Wildman–Crippen LogP) is 3.11. The Kier molecular flexibility index (Phi) is 3.60. The molecule has 0 saturated carbocycles. The van der Waals surface area contributed by atoms with Crippen molar-refractivity contribution in [3.8, 4) is 17.6 Å². The topological polar surface area (TPSA) is 88.1 Å². The van der Waals surface area contributed by atoms with E-state index in [4.69, 9.17) is 33.6 Å². The van der Waals surface area contributed by atoms with Gasteiger partial charge in [0.05, 0.1) is 16.9 Å². The summed E-state index contributed by atoms with van der Waals surface area (Å²) in [7, 11) is 0. The first-order chi connectivity index (χ1) is 9.02. The van der Waals surface area contributed by atoms with Crippen molar-refractivity contribution in [3.05, 3.63) is 40.0 Å². The number of ether oxygens (including phenoxy) is 1. The van der Waals surface area contributed by atoms with Crippen molar-refractivity contribution in [2.45, 2.75) is 0 Å². The van der Waals surface area contributed by atoms with Crippen LogP contribution in [0, 0.1) is 11.3 Å². The summed E-state index contributed by atoms with van der Waals surface area (Å²) < 4.78 is 5.67. The third kappa shape index (κ3) is 2.62. The highest BCUT2D eigenvalue weighted by Crippen LogP contribution is 2.29. The van der Waals surface area contributed by atoms with Gasteiger partial charge in [0, 0.05) is 5.02 Å². The maximum absolute atomic E-state index is 10.6. The van der Waals surface area contributed by atoms with Gasteiger partial charge in [-0.3, -0.25) is 0 Å². The van der Waals surface area contributed by atoms with Crippen LogP contribution >= 0.6 is 23.2 Å². The molecule has 19 heavy (non-hydrogen) atoms. The SMILES string of the molecule is N#Cc1cnn(-c2ccc(Cl)cc2Cl)c1OC(=O)O. The number of halogens is 2. The van der Waals surface area contributed by atoms with Crippen LogP contribution in [0.3, 0.4) is 0 Å². The first-order valence-electron chi connectivity index (χ1n) is 4.87. The molecule has 0 atom stereocenters. The van der Waals surface area contributed by atoms with Crippen LogP contribution in [0.15, 0.2) is 24.4 Å². The zero-order valence-corrected chi connectivity index (χ0v) is 10.7. The number of benzene rings is 1. The second-order valence-corrected chi connectivity index (χ2v) is 4.19. The van der Waals surface area contributed by atoms with E-state index >= 15 is 0 Å². The molecule has 8 heteroatoms. The monoisotopic (exact) mass is 297 g/mol. The second-order valence-electron chi connectivity index (χ2n) is 3.35. The van der Waals surface area contributed by atoms with Crippen LogP contribution in [0.25, 0.3) is 5.69 Å². The minimum atomic E-state index is -1.55. The summed E-state index contributed by atoms with van der Waals surface area (Å²) in [5.41, 5.74) is 0.331. The Morgan fingerprint density at radius 2 is 2.21 bits per heavy atom. The van der Waals surface area contributed by atoms with Crippen molar-refractivity contribution in [3.63, 3.8) is 0 Å². The molecule has 0 bridgehead atoms. The fourth-order valence-electron chi connectivity index (χ4n) is 1.42. The normalized spacial score (nSPS) is 9.95. The van der Waals surface area contributed by atoms with Crippen LogP contribution in [0.2, 0.25) is 10.0 Å². The number of aromatic nitrogens is 2. The van der Waals surface area contributed by atoms with Crippen LogP contribution in [0.5, 0.6) is 5.88 Å². The summed E-state index contributed by atoms with van der Waals surface area (Å²) in [6, 6.07) is 6.34. The van der Waals surface area contributed by atoms with Crippen LogP contribution < -0.4 is 4.74 Å². The Morgan fingerprint density at radius 3 is 2.79 bits per heavy atom. The molecule has 6 nitrogen and oxygen atoms in total. The van der Waals surface area contributed by atoms with E-state index < -0.39 is 6.16 Å². The largest absolute Gasteiger partial charge is 0.512 e. The minimum absolute atomic E-state index is 0.0200. The maximum Gasteiger partial charge on any atom is 0.512 e. The number of nitriles is 1. The fraction of sp³-hybridized carbons (Fsp3) is 0. The molecule has 0 unspecified atom stereocenters. The molecule has 1 N–H and O–H groups in total. The van der Waals surface area contributed by atoms with E-state index in [2.05, 4.69) is 9.84 Å². The first kappa shape index (κ1) is 13.2. The lowest BCUT2D eigenvalue weighted by molar-refractivity contribution is 0.141. The van der Waals surface area contributed by atoms with Gasteiger partial charge in [-0.15, -0.1) is 0 Å². The van der Waals surface area contributed by atoms with E-state index in [1.807, 2.05) is 0 Å². The number of nitrogens with zero attached hydrogens (tertiary/aromatic N) is 3. The van der Waals surface area contributed by atoms with Crippen molar-refractivity contribution in [2.24, 2.45) is 0 Å². The molecule has 1 aromatic carbocycles. The highest BCUT2D eigenvalue weighted by molar-refractivity contribution is 6.35. The predicted molar refractivity (Wildman–Crippen MR) is 67.0 cm³/mol. The van der Waals surface area contributed by atoms with Crippen molar-refractivity contribution in [1.29, 1.82) is 5.26 Å². The minimum Gasteiger partial charge on any atom is -0.449 e. The van der Waals surface area contributed by atoms with Gasteiger partial charge in [0.1, 0.15) is 11.6 Å². The molecule has 2 aromatic rings. The summed E-state index contributed by atoms with van der Waals surface area (Å²) in [5.74, 6) is -0.223. The van der Waals surface area contributed by atoms with E-state index in [-0.39, 0.29) is 16.5 Å². The summed E-state index contributed by atoms with van der Waals surface area (Å²) in [4.78, 5) is 10.6. The number of hydrogen-bond donors (Lipinski definition) is 1. The lowest BCUT2D eigenvalue weighted by Gasteiger charge is -2.08. The van der Waals surface area contributed by atoms with Gasteiger partial charge in [0.25, 0.3) is 0 Å². The van der Waals surface area contributed by atoms with E-state index in [0.717, 1.165) is 4.68 Å². The smallest absolute Gasteiger partial charge is 0.449 e. The van der Waals surface area contributed by atoms with Crippen molar-refractivity contribution < 1.29 is 14.6 Å². The van der Waals surface area contributed by atoms with Gasteiger partial charge in [0.15, 0.2) is 0 Å². The molecule has 0 radical (unpaired) electrons. The van der Waals surface area contributed by atoms with Crippen LogP contribution in [-0.4, -0.2) is 21.0 Å². The average Bonchev–Trinajstić information content (AvgIpc) is 2.71. The maximum atomic E-state index is 10.6. The van der Waals surface area contributed by atoms with Gasteiger partial charge in [-0.05, 0) is 18.2 Å². The van der Waals surface area contributed by atoms with E-state index in [1.54, 1.807) is 12.1 Å². The van der Waals surface area contributed by atoms with Crippen LogP contribution in [0.4, 0.5) is 4.79 Å². The summed E-state index contributed by atoms with van der Waals surface area (Å²) in [5, 5.41) is 22.1. The highest BCUT2D eigenvalue weighted by Gasteiger charge is 2.18. The molecule has 2 rings (SSSR count). The van der Waals surface area contributed by atoms with Crippen molar-refractivity contribution >= 4 is 29.4 Å². The average molecular weight is 298 g/mol. The van der Waals surface area contributed by atoms with E-state index in [0.29, 0.717) is 10.7 Å².